The van der Waals surface area contributed by atoms with Crippen LogP contribution in [0.25, 0.3) is 0 Å². The monoisotopic (exact) mass is 222 g/mol. The summed E-state index contributed by atoms with van der Waals surface area (Å²) in [6.45, 7) is 3.94. The van der Waals surface area contributed by atoms with Crippen molar-refractivity contribution in [1.29, 1.82) is 0 Å². The molecule has 0 saturated carbocycles. The second kappa shape index (κ2) is 5.97. The van der Waals surface area contributed by atoms with Gasteiger partial charge in [-0.15, -0.1) is 0 Å². The number of nitrogens with zero attached hydrogens (tertiary/aromatic N) is 1. The molecule has 2 heterocycles. The van der Waals surface area contributed by atoms with E-state index in [4.69, 9.17) is 9.78 Å². The summed E-state index contributed by atoms with van der Waals surface area (Å²) in [5.74, 6) is 0. The minimum atomic E-state index is 0.270. The van der Waals surface area contributed by atoms with Crippen molar-refractivity contribution in [3.8, 4) is 0 Å². The maximum atomic E-state index is 5.26. The van der Waals surface area contributed by atoms with E-state index in [0.29, 0.717) is 0 Å². The Bertz CT molecular complexity index is 321. The van der Waals surface area contributed by atoms with Crippen LogP contribution in [0.1, 0.15) is 31.9 Å². The van der Waals surface area contributed by atoms with E-state index >= 15 is 0 Å². The summed E-state index contributed by atoms with van der Waals surface area (Å²) in [6.07, 6.45) is 6.75. The Morgan fingerprint density at radius 3 is 3.12 bits per heavy atom. The maximum Gasteiger partial charge on any atom is 0.181 e. The third-order valence-electron chi connectivity index (χ3n) is 3.05. The van der Waals surface area contributed by atoms with Crippen LogP contribution in [0, 0.1) is 0 Å². The summed E-state index contributed by atoms with van der Waals surface area (Å²) in [6, 6.07) is 6.35. The Labute approximate surface area is 96.9 Å². The van der Waals surface area contributed by atoms with Crippen LogP contribution in [0.5, 0.6) is 0 Å². The van der Waals surface area contributed by atoms with Gasteiger partial charge < -0.3 is 0 Å². The summed E-state index contributed by atoms with van der Waals surface area (Å²) in [7, 11) is 0. The molecule has 2 rings (SSSR count). The van der Waals surface area contributed by atoms with Gasteiger partial charge in [-0.1, -0.05) is 13.0 Å². The molecule has 1 aromatic rings. The van der Waals surface area contributed by atoms with Gasteiger partial charge in [0.15, 0.2) is 18.4 Å². The van der Waals surface area contributed by atoms with Crippen LogP contribution >= 0.6 is 0 Å². The van der Waals surface area contributed by atoms with E-state index in [1.807, 2.05) is 0 Å². The lowest BCUT2D eigenvalue weighted by Crippen LogP contribution is -2.39. The van der Waals surface area contributed by atoms with Gasteiger partial charge in [-0.3, -0.25) is 0 Å². The molecule has 1 unspecified atom stereocenters. The Morgan fingerprint density at radius 2 is 2.38 bits per heavy atom. The molecular weight excluding hydrogens is 202 g/mol. The lowest BCUT2D eigenvalue weighted by atomic mass is 10.1. The third-order valence-corrected chi connectivity index (χ3v) is 3.05. The van der Waals surface area contributed by atoms with Crippen molar-refractivity contribution in [2.45, 2.75) is 45.3 Å². The SMILES string of the molecule is CCc1cccc[n+]1CCC1CCCOO1. The van der Waals surface area contributed by atoms with Crippen LogP contribution in [0.2, 0.25) is 0 Å². The van der Waals surface area contributed by atoms with Crippen LogP contribution in [0.3, 0.4) is 0 Å². The Kier molecular flexibility index (Phi) is 4.31. The highest BCUT2D eigenvalue weighted by Gasteiger charge is 2.18. The zero-order valence-electron chi connectivity index (χ0n) is 9.89. The van der Waals surface area contributed by atoms with Crippen molar-refractivity contribution in [3.63, 3.8) is 0 Å². The number of aromatic nitrogens is 1. The Morgan fingerprint density at radius 1 is 1.44 bits per heavy atom. The number of hydrogen-bond acceptors (Lipinski definition) is 2. The van der Waals surface area contributed by atoms with Crippen LogP contribution in [-0.4, -0.2) is 12.7 Å². The molecule has 1 saturated heterocycles. The first-order chi connectivity index (χ1) is 7.90. The van der Waals surface area contributed by atoms with Crippen LogP contribution in [-0.2, 0) is 22.7 Å². The predicted molar refractivity (Wildman–Crippen MR) is 60.7 cm³/mol. The fraction of sp³-hybridized carbons (Fsp3) is 0.615. The summed E-state index contributed by atoms with van der Waals surface area (Å²) < 4.78 is 2.30. The molecule has 0 aromatic carbocycles. The highest BCUT2D eigenvalue weighted by Crippen LogP contribution is 2.13. The summed E-state index contributed by atoms with van der Waals surface area (Å²) in [5, 5.41) is 0. The van der Waals surface area contributed by atoms with Crippen LogP contribution < -0.4 is 4.57 Å². The Balaban J connectivity index is 1.88. The van der Waals surface area contributed by atoms with E-state index in [-0.39, 0.29) is 6.10 Å². The van der Waals surface area contributed by atoms with E-state index in [1.165, 1.54) is 5.69 Å². The normalized spacial score (nSPS) is 20.9. The van der Waals surface area contributed by atoms with Crippen LogP contribution in [0.4, 0.5) is 0 Å². The first-order valence-corrected chi connectivity index (χ1v) is 6.15. The molecule has 3 heteroatoms. The Hall–Kier alpha value is -0.930. The van der Waals surface area contributed by atoms with Gasteiger partial charge >= 0.3 is 0 Å². The minimum Gasteiger partial charge on any atom is -0.236 e. The first kappa shape index (κ1) is 11.6. The zero-order valence-corrected chi connectivity index (χ0v) is 9.89. The smallest absolute Gasteiger partial charge is 0.181 e. The summed E-state index contributed by atoms with van der Waals surface area (Å²) in [4.78, 5) is 10.3. The van der Waals surface area contributed by atoms with Crippen molar-refractivity contribution >= 4 is 0 Å². The van der Waals surface area contributed by atoms with Crippen molar-refractivity contribution in [2.75, 3.05) is 6.61 Å². The van der Waals surface area contributed by atoms with Gasteiger partial charge in [0, 0.05) is 25.0 Å². The average molecular weight is 222 g/mol. The first-order valence-electron chi connectivity index (χ1n) is 6.15. The standard InChI is InChI=1S/C13H20NO2/c1-2-12-6-3-4-9-14(12)10-8-13-7-5-11-15-16-13/h3-4,6,9,13H,2,5,7-8,10-11H2,1H3/q+1. The third kappa shape index (κ3) is 3.03. The van der Waals surface area contributed by atoms with Gasteiger partial charge in [0.1, 0.15) is 0 Å². The molecule has 1 aromatic heterocycles. The predicted octanol–water partition coefficient (Wildman–Crippen LogP) is 2.04. The second-order valence-corrected chi connectivity index (χ2v) is 4.21. The highest BCUT2D eigenvalue weighted by molar-refractivity contribution is 4.96. The molecule has 3 nitrogen and oxygen atoms in total. The zero-order chi connectivity index (χ0) is 11.2. The van der Waals surface area contributed by atoms with E-state index < -0.39 is 0 Å². The second-order valence-electron chi connectivity index (χ2n) is 4.21. The fourth-order valence-electron chi connectivity index (χ4n) is 2.09. The number of pyridine rings is 1. The quantitative estimate of drug-likeness (QED) is 0.574. The molecule has 1 fully saturated rings. The molecule has 16 heavy (non-hydrogen) atoms. The lowest BCUT2D eigenvalue weighted by molar-refractivity contribution is -0.705. The number of rotatable bonds is 4. The van der Waals surface area contributed by atoms with E-state index in [1.54, 1.807) is 0 Å². The van der Waals surface area contributed by atoms with Gasteiger partial charge in [0.25, 0.3) is 0 Å². The molecule has 0 N–H and O–H groups in total. The lowest BCUT2D eigenvalue weighted by Gasteiger charge is -2.19. The summed E-state index contributed by atoms with van der Waals surface area (Å²) >= 11 is 0. The van der Waals surface area contributed by atoms with Crippen molar-refractivity contribution in [2.24, 2.45) is 0 Å². The van der Waals surface area contributed by atoms with Crippen molar-refractivity contribution in [3.05, 3.63) is 30.1 Å². The largest absolute Gasteiger partial charge is 0.236 e. The minimum absolute atomic E-state index is 0.270. The summed E-state index contributed by atoms with van der Waals surface area (Å²) in [5.41, 5.74) is 1.37. The topological polar surface area (TPSA) is 22.3 Å². The van der Waals surface area contributed by atoms with Crippen molar-refractivity contribution < 1.29 is 14.3 Å². The van der Waals surface area contributed by atoms with Gasteiger partial charge in [-0.2, -0.15) is 0 Å². The molecule has 0 spiro atoms. The molecular formula is C13H20NO2+. The average Bonchev–Trinajstić information content (AvgIpc) is 2.38. The fourth-order valence-corrected chi connectivity index (χ4v) is 2.09. The molecule has 1 aliphatic rings. The van der Waals surface area contributed by atoms with Gasteiger partial charge in [0.05, 0.1) is 12.7 Å². The highest BCUT2D eigenvalue weighted by atomic mass is 17.2. The van der Waals surface area contributed by atoms with Gasteiger partial charge in [0.2, 0.25) is 0 Å². The van der Waals surface area contributed by atoms with Gasteiger partial charge in [-0.25, -0.2) is 14.3 Å². The van der Waals surface area contributed by atoms with Gasteiger partial charge in [-0.05, 0) is 12.8 Å². The van der Waals surface area contributed by atoms with Crippen molar-refractivity contribution in [1.82, 2.24) is 0 Å². The number of aryl methyl sites for hydroxylation is 2. The molecule has 1 atom stereocenters. The molecule has 0 bridgehead atoms. The van der Waals surface area contributed by atoms with E-state index in [0.717, 1.165) is 38.8 Å². The molecule has 88 valence electrons. The van der Waals surface area contributed by atoms with Crippen LogP contribution in [0.15, 0.2) is 24.4 Å². The maximum absolute atomic E-state index is 5.26. The number of hydrogen-bond donors (Lipinski definition) is 0. The molecule has 0 amide bonds. The van der Waals surface area contributed by atoms with E-state index in [2.05, 4.69) is 35.9 Å². The van der Waals surface area contributed by atoms with E-state index in [9.17, 15) is 0 Å². The molecule has 0 aliphatic carbocycles. The molecule has 0 radical (unpaired) electrons. The molecule has 1 aliphatic heterocycles.